The van der Waals surface area contributed by atoms with Gasteiger partial charge in [-0.25, -0.2) is 0 Å². The highest BCUT2D eigenvalue weighted by molar-refractivity contribution is 6.03. The molecule has 2 aromatic rings. The first-order chi connectivity index (χ1) is 10.7. The van der Waals surface area contributed by atoms with E-state index < -0.39 is 0 Å². The minimum Gasteiger partial charge on any atom is -0.395 e. The zero-order valence-corrected chi connectivity index (χ0v) is 13.4. The van der Waals surface area contributed by atoms with Crippen LogP contribution in [0.2, 0.25) is 0 Å². The molecule has 4 nitrogen and oxygen atoms in total. The van der Waals surface area contributed by atoms with Gasteiger partial charge in [0.2, 0.25) is 0 Å². The Balaban J connectivity index is 2.12. The summed E-state index contributed by atoms with van der Waals surface area (Å²) in [4.78, 5) is 14.9. The van der Waals surface area contributed by atoms with Gasteiger partial charge in [-0.15, -0.1) is 0 Å². The van der Waals surface area contributed by atoms with Crippen molar-refractivity contribution in [3.8, 4) is 0 Å². The number of unbranched alkanes of at least 4 members (excludes halogenated alkanes) is 1. The molecule has 22 heavy (non-hydrogen) atoms. The van der Waals surface area contributed by atoms with Crippen LogP contribution in [0.1, 0.15) is 41.4 Å². The SMILES string of the molecule is CCCCN1CCc2c(n(CCO)c3ccc(C)cc23)C1=O. The summed E-state index contributed by atoms with van der Waals surface area (Å²) in [5.41, 5.74) is 4.22. The van der Waals surface area contributed by atoms with Crippen LogP contribution in [-0.4, -0.2) is 40.2 Å². The fraction of sp³-hybridized carbons (Fsp3) is 0.500. The standard InChI is InChI=1S/C18H24N2O2/c1-3-4-8-19-9-7-14-15-12-13(2)5-6-16(15)20(10-11-21)17(14)18(19)22/h5-6,12,21H,3-4,7-11H2,1-2H3. The van der Waals surface area contributed by atoms with Gasteiger partial charge in [0.15, 0.2) is 0 Å². The molecule has 4 heteroatoms. The van der Waals surface area contributed by atoms with Crippen molar-refractivity contribution in [2.24, 2.45) is 0 Å². The lowest BCUT2D eigenvalue weighted by Crippen LogP contribution is -2.39. The smallest absolute Gasteiger partial charge is 0.270 e. The number of fused-ring (bicyclic) bond motifs is 3. The number of aliphatic hydroxyl groups is 1. The number of aliphatic hydroxyl groups excluding tert-OH is 1. The van der Waals surface area contributed by atoms with Gasteiger partial charge >= 0.3 is 0 Å². The molecule has 0 saturated carbocycles. The van der Waals surface area contributed by atoms with E-state index in [2.05, 4.69) is 32.0 Å². The van der Waals surface area contributed by atoms with Gasteiger partial charge in [-0.3, -0.25) is 4.79 Å². The van der Waals surface area contributed by atoms with Crippen LogP contribution in [0.3, 0.4) is 0 Å². The Hall–Kier alpha value is -1.81. The molecule has 1 aliphatic rings. The van der Waals surface area contributed by atoms with E-state index in [0.29, 0.717) is 6.54 Å². The van der Waals surface area contributed by atoms with Crippen molar-refractivity contribution >= 4 is 16.8 Å². The van der Waals surface area contributed by atoms with Crippen molar-refractivity contribution in [2.75, 3.05) is 19.7 Å². The first kappa shape index (κ1) is 15.1. The molecule has 1 aromatic carbocycles. The summed E-state index contributed by atoms with van der Waals surface area (Å²) >= 11 is 0. The average molecular weight is 300 g/mol. The van der Waals surface area contributed by atoms with Crippen molar-refractivity contribution in [1.82, 2.24) is 9.47 Å². The highest BCUT2D eigenvalue weighted by Gasteiger charge is 2.30. The van der Waals surface area contributed by atoms with Crippen LogP contribution in [0.5, 0.6) is 0 Å². The van der Waals surface area contributed by atoms with E-state index in [4.69, 9.17) is 0 Å². The monoisotopic (exact) mass is 300 g/mol. The summed E-state index contributed by atoms with van der Waals surface area (Å²) in [6.45, 7) is 6.37. The molecule has 0 atom stereocenters. The molecule has 0 aliphatic carbocycles. The summed E-state index contributed by atoms with van der Waals surface area (Å²) in [7, 11) is 0. The van der Waals surface area contributed by atoms with Gasteiger partial charge in [-0.05, 0) is 37.5 Å². The molecule has 1 aromatic heterocycles. The van der Waals surface area contributed by atoms with Gasteiger partial charge in [-0.1, -0.05) is 25.0 Å². The van der Waals surface area contributed by atoms with Gasteiger partial charge in [-0.2, -0.15) is 0 Å². The van der Waals surface area contributed by atoms with Gasteiger partial charge in [0.25, 0.3) is 5.91 Å². The van der Waals surface area contributed by atoms with E-state index in [0.717, 1.165) is 49.1 Å². The van der Waals surface area contributed by atoms with Crippen molar-refractivity contribution in [1.29, 1.82) is 0 Å². The molecule has 3 rings (SSSR count). The van der Waals surface area contributed by atoms with Crippen LogP contribution < -0.4 is 0 Å². The van der Waals surface area contributed by atoms with Crippen molar-refractivity contribution in [2.45, 2.75) is 39.7 Å². The fourth-order valence-corrected chi connectivity index (χ4v) is 3.43. The zero-order valence-electron chi connectivity index (χ0n) is 13.4. The van der Waals surface area contributed by atoms with Crippen molar-refractivity contribution in [3.63, 3.8) is 0 Å². The second-order valence-electron chi connectivity index (χ2n) is 6.12. The Labute approximate surface area is 131 Å². The van der Waals surface area contributed by atoms with Crippen LogP contribution in [0.4, 0.5) is 0 Å². The fourth-order valence-electron chi connectivity index (χ4n) is 3.43. The third-order valence-corrected chi connectivity index (χ3v) is 4.55. The maximum Gasteiger partial charge on any atom is 0.270 e. The molecule has 1 aliphatic heterocycles. The predicted molar refractivity (Wildman–Crippen MR) is 88.3 cm³/mol. The van der Waals surface area contributed by atoms with E-state index in [1.54, 1.807) is 0 Å². The number of aryl methyl sites for hydroxylation is 1. The summed E-state index contributed by atoms with van der Waals surface area (Å²) < 4.78 is 2.00. The van der Waals surface area contributed by atoms with E-state index in [-0.39, 0.29) is 12.5 Å². The molecule has 0 radical (unpaired) electrons. The van der Waals surface area contributed by atoms with Gasteiger partial charge in [0, 0.05) is 30.5 Å². The number of rotatable bonds is 5. The number of aromatic nitrogens is 1. The van der Waals surface area contributed by atoms with E-state index in [1.807, 2.05) is 9.47 Å². The van der Waals surface area contributed by atoms with Gasteiger partial charge in [0.1, 0.15) is 5.69 Å². The summed E-state index contributed by atoms with van der Waals surface area (Å²) in [5, 5.41) is 10.6. The normalized spacial score (nSPS) is 14.7. The van der Waals surface area contributed by atoms with Crippen LogP contribution in [-0.2, 0) is 13.0 Å². The zero-order chi connectivity index (χ0) is 15.7. The molecule has 0 bridgehead atoms. The maximum absolute atomic E-state index is 12.9. The first-order valence-corrected chi connectivity index (χ1v) is 8.19. The Morgan fingerprint density at radius 2 is 2.09 bits per heavy atom. The quantitative estimate of drug-likeness (QED) is 0.923. The molecule has 0 fully saturated rings. The largest absolute Gasteiger partial charge is 0.395 e. The summed E-state index contributed by atoms with van der Waals surface area (Å²) in [6.07, 6.45) is 3.04. The molecule has 118 valence electrons. The molecular weight excluding hydrogens is 276 g/mol. The Morgan fingerprint density at radius 1 is 1.27 bits per heavy atom. The lowest BCUT2D eigenvalue weighted by Gasteiger charge is -2.28. The topological polar surface area (TPSA) is 45.5 Å². The molecule has 0 saturated heterocycles. The molecule has 0 unspecified atom stereocenters. The number of carbonyl (C=O) groups excluding carboxylic acids is 1. The average Bonchev–Trinajstić information content (AvgIpc) is 2.81. The number of benzene rings is 1. The van der Waals surface area contributed by atoms with Gasteiger partial charge < -0.3 is 14.6 Å². The second-order valence-corrected chi connectivity index (χ2v) is 6.12. The lowest BCUT2D eigenvalue weighted by molar-refractivity contribution is 0.0725. The van der Waals surface area contributed by atoms with Crippen molar-refractivity contribution in [3.05, 3.63) is 35.0 Å². The lowest BCUT2D eigenvalue weighted by atomic mass is 10.0. The summed E-state index contributed by atoms with van der Waals surface area (Å²) in [5.74, 6) is 0.122. The maximum atomic E-state index is 12.9. The number of carbonyl (C=O) groups is 1. The van der Waals surface area contributed by atoms with Crippen LogP contribution in [0, 0.1) is 6.92 Å². The number of nitrogens with zero attached hydrogens (tertiary/aromatic N) is 2. The third-order valence-electron chi connectivity index (χ3n) is 4.55. The highest BCUT2D eigenvalue weighted by Crippen LogP contribution is 2.31. The number of hydrogen-bond acceptors (Lipinski definition) is 2. The summed E-state index contributed by atoms with van der Waals surface area (Å²) in [6, 6.07) is 6.31. The number of hydrogen-bond donors (Lipinski definition) is 1. The predicted octanol–water partition coefficient (Wildman–Crippen LogP) is 2.74. The van der Waals surface area contributed by atoms with Crippen LogP contribution in [0.15, 0.2) is 18.2 Å². The van der Waals surface area contributed by atoms with Crippen LogP contribution >= 0.6 is 0 Å². The van der Waals surface area contributed by atoms with Gasteiger partial charge in [0.05, 0.1) is 6.61 Å². The highest BCUT2D eigenvalue weighted by atomic mass is 16.3. The molecule has 2 heterocycles. The third kappa shape index (κ3) is 2.41. The Bertz CT molecular complexity index is 703. The van der Waals surface area contributed by atoms with Crippen LogP contribution in [0.25, 0.3) is 10.9 Å². The van der Waals surface area contributed by atoms with Crippen molar-refractivity contribution < 1.29 is 9.90 Å². The molecular formula is C18H24N2O2. The number of amides is 1. The Kier molecular flexibility index (Phi) is 4.21. The van der Waals surface area contributed by atoms with E-state index in [1.165, 1.54) is 10.9 Å². The minimum atomic E-state index is 0.0480. The molecule has 1 N–H and O–H groups in total. The minimum absolute atomic E-state index is 0.0480. The molecule has 0 spiro atoms. The van der Waals surface area contributed by atoms with E-state index >= 15 is 0 Å². The Morgan fingerprint density at radius 3 is 2.82 bits per heavy atom. The second kappa shape index (κ2) is 6.13. The first-order valence-electron chi connectivity index (χ1n) is 8.19. The molecule has 1 amide bonds. The van der Waals surface area contributed by atoms with E-state index in [9.17, 15) is 9.90 Å².